The zero-order valence-corrected chi connectivity index (χ0v) is 30.1. The molecule has 0 radical (unpaired) electrons. The number of ether oxygens (including phenoxy) is 3. The number of aromatic nitrogens is 1. The number of ketones is 1. The predicted molar refractivity (Wildman–Crippen MR) is 197 cm³/mol. The second kappa shape index (κ2) is 18.6. The summed E-state index contributed by atoms with van der Waals surface area (Å²) in [5.74, 6) is -14.3. The number of nitrogen functional groups attached to an aromatic ring is 1. The van der Waals surface area contributed by atoms with Crippen LogP contribution in [0.5, 0.6) is 28.7 Å². The van der Waals surface area contributed by atoms with Crippen molar-refractivity contribution in [3.05, 3.63) is 123 Å². The quantitative estimate of drug-likeness (QED) is 0.0110. The Kier molecular flexibility index (Phi) is 14.5. The number of fused-ring (bicyclic) bond motifs is 2. The lowest BCUT2D eigenvalue weighted by Gasteiger charge is -2.24. The first-order chi connectivity index (χ1) is 26.8. The number of nitrogens with zero attached hydrogens (tertiary/aromatic N) is 2. The van der Waals surface area contributed by atoms with Gasteiger partial charge in [0.15, 0.2) is 40.6 Å². The number of Topliss-reactive ketones (excluding diaryl/α,β-unsaturated/α-hetero) is 1. The number of carbonyl (C=O) groups is 3. The third-order valence-corrected chi connectivity index (χ3v) is 7.54. The van der Waals surface area contributed by atoms with Crippen LogP contribution in [0.1, 0.15) is 42.0 Å². The first kappa shape index (κ1) is 45.2. The highest BCUT2D eigenvalue weighted by Gasteiger charge is 2.30. The number of pyridine rings is 1. The Morgan fingerprint density at radius 1 is 0.810 bits per heavy atom. The monoisotopic (exact) mass is 819 g/mol. The second-order valence-electron chi connectivity index (χ2n) is 11.8. The van der Waals surface area contributed by atoms with E-state index in [1.165, 1.54) is 73.1 Å². The Bertz CT molecular complexity index is 2510. The fraction of sp³-hybridized carbons (Fsp3) is 0.179. The lowest BCUT2D eigenvalue weighted by atomic mass is 10.0. The third kappa shape index (κ3) is 9.43. The lowest BCUT2D eigenvalue weighted by molar-refractivity contribution is -0.138. The van der Waals surface area contributed by atoms with Gasteiger partial charge in [0.05, 0.1) is 35.5 Å². The van der Waals surface area contributed by atoms with Crippen LogP contribution in [0, 0.1) is 34.9 Å². The molecule has 1 aliphatic rings. The zero-order valence-electron chi connectivity index (χ0n) is 30.1. The Balaban J connectivity index is 0.000000255. The molecular weight excluding hydrogens is 784 g/mol. The van der Waals surface area contributed by atoms with Gasteiger partial charge in [0.1, 0.15) is 33.9 Å². The Morgan fingerprint density at radius 2 is 1.41 bits per heavy atom. The minimum atomic E-state index is -2.13. The molecule has 5 N–H and O–H groups in total. The molecule has 1 aromatic heterocycles. The molecule has 0 saturated carbocycles. The summed E-state index contributed by atoms with van der Waals surface area (Å²) in [5, 5.41) is 26.9. The normalized spacial score (nSPS) is 11.0. The van der Waals surface area contributed by atoms with E-state index in [9.17, 15) is 50.6 Å². The molecule has 5 aromatic rings. The van der Waals surface area contributed by atoms with Crippen LogP contribution in [0.15, 0.2) is 71.3 Å². The zero-order chi connectivity index (χ0) is 42.5. The molecule has 0 aliphatic carbocycles. The molecule has 6 rings (SSSR count). The number of aromatic hydroxyl groups is 3. The van der Waals surface area contributed by atoms with Crippen molar-refractivity contribution in [1.29, 1.82) is 0 Å². The van der Waals surface area contributed by atoms with Gasteiger partial charge in [-0.1, -0.05) is 7.43 Å². The van der Waals surface area contributed by atoms with Crippen molar-refractivity contribution in [1.82, 2.24) is 9.47 Å². The maximum Gasteiger partial charge on any atom is 0.343 e. The molecule has 19 heteroatoms. The topological polar surface area (TPSA) is 191 Å². The van der Waals surface area contributed by atoms with Gasteiger partial charge in [0, 0.05) is 38.6 Å². The first-order valence-electron chi connectivity index (χ1n) is 16.3. The molecule has 2 heterocycles. The van der Waals surface area contributed by atoms with Gasteiger partial charge < -0.3 is 44.7 Å². The van der Waals surface area contributed by atoms with Gasteiger partial charge in [-0.15, -0.1) is 0 Å². The number of phenolic OH excluding ortho intramolecular Hbond substituents is 3. The summed E-state index contributed by atoms with van der Waals surface area (Å²) in [7, 11) is 2.93. The smallest absolute Gasteiger partial charge is 0.343 e. The SMILES string of the molecule is C.CCOC(=O)/C(=C\N(C)C)C(=O)c1cc(F)c(F)c(F)c1F.CCOC(=O)c1cn2c3c(c(F)c(F)cc3c1=O)Oc1cc(O)ccc1-2.Nc1ccc(O)cc1O. The van der Waals surface area contributed by atoms with E-state index in [1.807, 2.05) is 0 Å². The summed E-state index contributed by atoms with van der Waals surface area (Å²) in [4.78, 5) is 49.9. The number of benzene rings is 4. The van der Waals surface area contributed by atoms with Crippen molar-refractivity contribution in [3.8, 4) is 34.4 Å². The molecule has 1 aliphatic heterocycles. The number of esters is 2. The van der Waals surface area contributed by atoms with Crippen molar-refractivity contribution in [2.75, 3.05) is 33.0 Å². The van der Waals surface area contributed by atoms with Crippen LogP contribution in [0.4, 0.5) is 32.0 Å². The van der Waals surface area contributed by atoms with Gasteiger partial charge in [0.25, 0.3) is 0 Å². The summed E-state index contributed by atoms with van der Waals surface area (Å²) in [6, 6.07) is 9.00. The summed E-state index contributed by atoms with van der Waals surface area (Å²) in [6.07, 6.45) is 2.21. The van der Waals surface area contributed by atoms with Crippen LogP contribution in [0.2, 0.25) is 0 Å². The van der Waals surface area contributed by atoms with Crippen LogP contribution < -0.4 is 15.9 Å². The number of nitrogens with two attached hydrogens (primary N) is 1. The average molecular weight is 820 g/mol. The standard InChI is InChI=1S/C18H11F2NO5.C14H13F4NO3.C6H7NO2.CH4/c1-2-25-18(24)10-7-21-12-4-3-8(22)5-13(12)26-17-14(20)11(19)6-9(15(17)21)16(10)23;1-4-22-14(21)8(6-19(2)3)13(20)7-5-9(15)11(17)12(18)10(7)16;7-5-2-1-4(8)3-6(5)9;/h3-7,22H,2H2,1H3;5-6H,4H2,1-3H3;1-3,8-9H,7H2;1H4/b;8-6-;;. The van der Waals surface area contributed by atoms with E-state index in [2.05, 4.69) is 4.74 Å². The molecule has 13 nitrogen and oxygen atoms in total. The van der Waals surface area contributed by atoms with E-state index in [-0.39, 0.29) is 71.9 Å². The highest BCUT2D eigenvalue weighted by Crippen LogP contribution is 2.43. The maximum absolute atomic E-state index is 14.3. The minimum Gasteiger partial charge on any atom is -0.508 e. The van der Waals surface area contributed by atoms with Crippen LogP contribution >= 0.6 is 0 Å². The van der Waals surface area contributed by atoms with Crippen LogP contribution in [-0.4, -0.2) is 69.8 Å². The first-order valence-corrected chi connectivity index (χ1v) is 16.3. The number of phenols is 3. The number of carbonyl (C=O) groups excluding carboxylic acids is 3. The summed E-state index contributed by atoms with van der Waals surface area (Å²) in [5.41, 5.74) is 2.97. The highest BCUT2D eigenvalue weighted by atomic mass is 19.2. The third-order valence-electron chi connectivity index (χ3n) is 7.54. The lowest BCUT2D eigenvalue weighted by Crippen LogP contribution is -2.22. The molecule has 0 saturated heterocycles. The maximum atomic E-state index is 14.3. The molecular formula is C39H35F6N3O10. The van der Waals surface area contributed by atoms with Gasteiger partial charge in [-0.25, -0.2) is 31.5 Å². The summed E-state index contributed by atoms with van der Waals surface area (Å²) in [6.45, 7) is 3.05. The highest BCUT2D eigenvalue weighted by molar-refractivity contribution is 6.24. The fourth-order valence-electron chi connectivity index (χ4n) is 5.02. The predicted octanol–water partition coefficient (Wildman–Crippen LogP) is 7.01. The van der Waals surface area contributed by atoms with Crippen molar-refractivity contribution < 1.29 is 70.3 Å². The molecule has 0 amide bonds. The van der Waals surface area contributed by atoms with Crippen molar-refractivity contribution in [2.45, 2.75) is 21.3 Å². The number of halogens is 6. The van der Waals surface area contributed by atoms with Gasteiger partial charge in [0.2, 0.25) is 17.0 Å². The van der Waals surface area contributed by atoms with Crippen molar-refractivity contribution in [3.63, 3.8) is 0 Å². The molecule has 308 valence electrons. The van der Waals surface area contributed by atoms with E-state index in [0.717, 1.165) is 12.3 Å². The number of anilines is 1. The molecule has 0 unspecified atom stereocenters. The van der Waals surface area contributed by atoms with Crippen LogP contribution in [0.25, 0.3) is 16.6 Å². The number of rotatable bonds is 7. The van der Waals surface area contributed by atoms with Crippen molar-refractivity contribution in [2.24, 2.45) is 0 Å². The van der Waals surface area contributed by atoms with E-state index in [1.54, 1.807) is 6.92 Å². The molecule has 0 bridgehead atoms. The minimum absolute atomic E-state index is 0. The van der Waals surface area contributed by atoms with E-state index < -0.39 is 74.9 Å². The largest absolute Gasteiger partial charge is 0.508 e. The average Bonchev–Trinajstić information content (AvgIpc) is 3.16. The summed E-state index contributed by atoms with van der Waals surface area (Å²) >= 11 is 0. The Morgan fingerprint density at radius 3 is 2.00 bits per heavy atom. The van der Waals surface area contributed by atoms with Gasteiger partial charge in [-0.2, -0.15) is 4.39 Å². The second-order valence-corrected chi connectivity index (χ2v) is 11.8. The van der Waals surface area contributed by atoms with Crippen molar-refractivity contribution >= 4 is 34.3 Å². The molecule has 0 atom stereocenters. The molecule has 0 fully saturated rings. The van der Waals surface area contributed by atoms with Gasteiger partial charge in [-0.3, -0.25) is 9.59 Å². The summed E-state index contributed by atoms with van der Waals surface area (Å²) < 4.78 is 97.5. The van der Waals surface area contributed by atoms with E-state index in [0.29, 0.717) is 5.69 Å². The molecule has 4 aromatic carbocycles. The number of hydrogen-bond donors (Lipinski definition) is 4. The van der Waals surface area contributed by atoms with E-state index in [4.69, 9.17) is 25.4 Å². The fourth-order valence-corrected chi connectivity index (χ4v) is 5.02. The van der Waals surface area contributed by atoms with Gasteiger partial charge >= 0.3 is 11.9 Å². The van der Waals surface area contributed by atoms with Crippen LogP contribution in [0.3, 0.4) is 0 Å². The Labute approximate surface area is 325 Å². The Hall–Kier alpha value is -7.18. The molecule has 58 heavy (non-hydrogen) atoms. The number of hydrogen-bond acceptors (Lipinski definition) is 12. The van der Waals surface area contributed by atoms with Gasteiger partial charge in [-0.05, 0) is 50.2 Å². The molecule has 0 spiro atoms. The van der Waals surface area contributed by atoms with E-state index >= 15 is 0 Å². The van der Waals surface area contributed by atoms with Crippen LogP contribution in [-0.2, 0) is 14.3 Å².